The van der Waals surface area contributed by atoms with E-state index >= 15 is 0 Å². The van der Waals surface area contributed by atoms with Crippen molar-refractivity contribution in [2.45, 2.75) is 52.5 Å². The van der Waals surface area contributed by atoms with Gasteiger partial charge in [0.2, 0.25) is 0 Å². The molecule has 1 aromatic rings. The molecule has 0 heterocycles. The molecule has 0 aliphatic heterocycles. The first-order valence-electron chi connectivity index (χ1n) is 6.48. The molecule has 1 unspecified atom stereocenters. The number of nitrogens with one attached hydrogen (secondary N) is 1. The molecule has 0 saturated heterocycles. The molecule has 0 radical (unpaired) electrons. The Balaban J connectivity index is 3.01. The molecule has 1 nitrogen and oxygen atoms in total. The maximum Gasteiger partial charge on any atom is 0.162 e. The molecule has 1 atom stereocenters. The van der Waals surface area contributed by atoms with Crippen LogP contribution in [0.15, 0.2) is 12.1 Å². The smallest absolute Gasteiger partial charge is 0.162 e. The minimum atomic E-state index is -0.725. The van der Waals surface area contributed by atoms with Crippen LogP contribution in [0.4, 0.5) is 8.78 Å². The number of benzene rings is 1. The topological polar surface area (TPSA) is 12.0 Å². The van der Waals surface area contributed by atoms with Crippen molar-refractivity contribution in [1.82, 2.24) is 5.32 Å². The molecule has 0 bridgehead atoms. The van der Waals surface area contributed by atoms with E-state index in [0.29, 0.717) is 11.1 Å². The van der Waals surface area contributed by atoms with Crippen molar-refractivity contribution in [3.8, 4) is 0 Å². The van der Waals surface area contributed by atoms with Crippen LogP contribution in [0.25, 0.3) is 0 Å². The first-order chi connectivity index (χ1) is 8.29. The van der Waals surface area contributed by atoms with Crippen molar-refractivity contribution >= 4 is 0 Å². The molecule has 1 rings (SSSR count). The van der Waals surface area contributed by atoms with Gasteiger partial charge in [-0.25, -0.2) is 8.78 Å². The summed E-state index contributed by atoms with van der Waals surface area (Å²) < 4.78 is 27.6. The summed E-state index contributed by atoms with van der Waals surface area (Å²) in [4.78, 5) is 0. The van der Waals surface area contributed by atoms with E-state index in [4.69, 9.17) is 0 Å². The summed E-state index contributed by atoms with van der Waals surface area (Å²) >= 11 is 0. The Hall–Kier alpha value is -0.960. The lowest BCUT2D eigenvalue weighted by atomic mass is 9.78. The van der Waals surface area contributed by atoms with Gasteiger partial charge in [-0.15, -0.1) is 0 Å². The molecule has 0 fully saturated rings. The Morgan fingerprint density at radius 1 is 1.22 bits per heavy atom. The summed E-state index contributed by atoms with van der Waals surface area (Å²) in [6, 6.07) is 3.62. The van der Waals surface area contributed by atoms with Crippen molar-refractivity contribution < 1.29 is 8.78 Å². The van der Waals surface area contributed by atoms with Crippen molar-refractivity contribution in [2.24, 2.45) is 0 Å². The van der Waals surface area contributed by atoms with Crippen LogP contribution >= 0.6 is 0 Å². The maximum atomic E-state index is 14.0. The molecule has 0 amide bonds. The zero-order valence-electron chi connectivity index (χ0n) is 11.9. The van der Waals surface area contributed by atoms with Crippen LogP contribution in [-0.2, 0) is 5.41 Å². The predicted molar refractivity (Wildman–Crippen MR) is 71.9 cm³/mol. The molecule has 0 aliphatic carbocycles. The first-order valence-corrected chi connectivity index (χ1v) is 6.48. The van der Waals surface area contributed by atoms with Crippen molar-refractivity contribution in [3.63, 3.8) is 0 Å². The fourth-order valence-electron chi connectivity index (χ4n) is 2.46. The minimum Gasteiger partial charge on any atom is -0.315 e. The molecular weight excluding hydrogens is 232 g/mol. The van der Waals surface area contributed by atoms with Crippen LogP contribution in [0, 0.1) is 18.6 Å². The van der Waals surface area contributed by atoms with E-state index in [1.807, 2.05) is 20.8 Å². The minimum absolute atomic E-state index is 0.272. The third-order valence-electron chi connectivity index (χ3n) is 3.37. The fraction of sp³-hybridized carbons (Fsp3) is 0.600. The summed E-state index contributed by atoms with van der Waals surface area (Å²) in [6.07, 6.45) is 0.764. The van der Waals surface area contributed by atoms with Gasteiger partial charge in [-0.05, 0) is 43.4 Å². The van der Waals surface area contributed by atoms with Gasteiger partial charge in [0.25, 0.3) is 0 Å². The summed E-state index contributed by atoms with van der Waals surface area (Å²) in [7, 11) is 0. The van der Waals surface area contributed by atoms with E-state index in [1.165, 1.54) is 0 Å². The standard InChI is InChI=1S/C15H23F2N/c1-6-18-11(3)9-15(4,5)12-8-7-10(2)13(16)14(12)17/h7-8,11,18H,6,9H2,1-5H3. The van der Waals surface area contributed by atoms with Gasteiger partial charge in [0.15, 0.2) is 11.6 Å². The number of rotatable bonds is 5. The maximum absolute atomic E-state index is 14.0. The molecule has 0 aliphatic rings. The Bertz CT molecular complexity index is 413. The number of hydrogen-bond acceptors (Lipinski definition) is 1. The van der Waals surface area contributed by atoms with Gasteiger partial charge in [-0.3, -0.25) is 0 Å². The molecule has 0 spiro atoms. The molecule has 102 valence electrons. The zero-order chi connectivity index (χ0) is 13.9. The van der Waals surface area contributed by atoms with Gasteiger partial charge >= 0.3 is 0 Å². The average Bonchev–Trinajstić information content (AvgIpc) is 2.25. The Kier molecular flexibility index (Phi) is 4.85. The number of aryl methyl sites for hydroxylation is 1. The van der Waals surface area contributed by atoms with Gasteiger partial charge in [-0.2, -0.15) is 0 Å². The highest BCUT2D eigenvalue weighted by Crippen LogP contribution is 2.32. The van der Waals surface area contributed by atoms with Gasteiger partial charge in [0.1, 0.15) is 0 Å². The summed E-state index contributed by atoms with van der Waals surface area (Å²) in [5.74, 6) is -1.43. The largest absolute Gasteiger partial charge is 0.315 e. The Morgan fingerprint density at radius 2 is 1.83 bits per heavy atom. The highest BCUT2D eigenvalue weighted by molar-refractivity contribution is 5.31. The van der Waals surface area contributed by atoms with Crippen LogP contribution in [-0.4, -0.2) is 12.6 Å². The lowest BCUT2D eigenvalue weighted by Crippen LogP contribution is -2.33. The van der Waals surface area contributed by atoms with Crippen LogP contribution < -0.4 is 5.32 Å². The van der Waals surface area contributed by atoms with E-state index in [0.717, 1.165) is 13.0 Å². The highest BCUT2D eigenvalue weighted by Gasteiger charge is 2.28. The van der Waals surface area contributed by atoms with Crippen molar-refractivity contribution in [1.29, 1.82) is 0 Å². The predicted octanol–water partition coefficient (Wildman–Crippen LogP) is 3.94. The summed E-state index contributed by atoms with van der Waals surface area (Å²) in [5, 5.41) is 3.30. The third kappa shape index (κ3) is 3.29. The normalized spacial score (nSPS) is 13.7. The number of halogens is 2. The highest BCUT2D eigenvalue weighted by atomic mass is 19.2. The van der Waals surface area contributed by atoms with Crippen LogP contribution in [0.2, 0.25) is 0 Å². The molecule has 3 heteroatoms. The molecule has 0 saturated carbocycles. The summed E-state index contributed by atoms with van der Waals surface area (Å²) in [6.45, 7) is 10.5. The van der Waals surface area contributed by atoms with Gasteiger partial charge in [-0.1, -0.05) is 32.9 Å². The molecule has 0 aromatic heterocycles. The van der Waals surface area contributed by atoms with Crippen LogP contribution in [0.5, 0.6) is 0 Å². The Labute approximate surface area is 109 Å². The zero-order valence-corrected chi connectivity index (χ0v) is 11.9. The lowest BCUT2D eigenvalue weighted by Gasteiger charge is -2.29. The fourth-order valence-corrected chi connectivity index (χ4v) is 2.46. The lowest BCUT2D eigenvalue weighted by molar-refractivity contribution is 0.372. The Morgan fingerprint density at radius 3 is 2.39 bits per heavy atom. The van der Waals surface area contributed by atoms with Crippen molar-refractivity contribution in [3.05, 3.63) is 34.9 Å². The van der Waals surface area contributed by atoms with Gasteiger partial charge < -0.3 is 5.32 Å². The monoisotopic (exact) mass is 255 g/mol. The van der Waals surface area contributed by atoms with E-state index < -0.39 is 11.6 Å². The summed E-state index contributed by atoms with van der Waals surface area (Å²) in [5.41, 5.74) is 0.419. The second kappa shape index (κ2) is 5.79. The second-order valence-corrected chi connectivity index (χ2v) is 5.60. The SMILES string of the molecule is CCNC(C)CC(C)(C)c1ccc(C)c(F)c1F. The van der Waals surface area contributed by atoms with E-state index in [9.17, 15) is 8.78 Å². The van der Waals surface area contributed by atoms with E-state index in [1.54, 1.807) is 19.1 Å². The van der Waals surface area contributed by atoms with E-state index in [2.05, 4.69) is 12.2 Å². The van der Waals surface area contributed by atoms with Crippen LogP contribution in [0.1, 0.15) is 45.2 Å². The van der Waals surface area contributed by atoms with Gasteiger partial charge in [0, 0.05) is 6.04 Å². The number of hydrogen-bond donors (Lipinski definition) is 1. The average molecular weight is 255 g/mol. The molecular formula is C15H23F2N. The third-order valence-corrected chi connectivity index (χ3v) is 3.37. The van der Waals surface area contributed by atoms with Gasteiger partial charge in [0.05, 0.1) is 0 Å². The molecule has 1 aromatic carbocycles. The molecule has 18 heavy (non-hydrogen) atoms. The quantitative estimate of drug-likeness (QED) is 0.840. The van der Waals surface area contributed by atoms with Crippen LogP contribution in [0.3, 0.4) is 0 Å². The first kappa shape index (κ1) is 15.1. The second-order valence-electron chi connectivity index (χ2n) is 5.60. The van der Waals surface area contributed by atoms with Crippen molar-refractivity contribution in [2.75, 3.05) is 6.54 Å². The van der Waals surface area contributed by atoms with E-state index in [-0.39, 0.29) is 11.5 Å². The molecule has 1 N–H and O–H groups in total.